The first-order valence-corrected chi connectivity index (χ1v) is 8.84. The van der Waals surface area contributed by atoms with Crippen molar-refractivity contribution in [1.29, 1.82) is 0 Å². The standard InChI is InChI=1S/C23H20O2/c24-21(19-12-6-2-7-13-19)23(17-16-18-10-4-1-5-11-18)22(25-23)20-14-8-3-9-15-20/h2-3,6-10,12-15,22H,1,4-5,11H2/t22-,23-/m0/s1. The van der Waals surface area contributed by atoms with E-state index in [2.05, 4.69) is 17.9 Å². The summed E-state index contributed by atoms with van der Waals surface area (Å²) in [5.74, 6) is 6.39. The molecule has 4 rings (SSSR count). The quantitative estimate of drug-likeness (QED) is 0.456. The van der Waals surface area contributed by atoms with Crippen LogP contribution in [0.15, 0.2) is 72.3 Å². The van der Waals surface area contributed by atoms with Gasteiger partial charge in [-0.3, -0.25) is 4.79 Å². The van der Waals surface area contributed by atoms with Crippen LogP contribution in [-0.4, -0.2) is 11.4 Å². The molecule has 124 valence electrons. The molecule has 0 bridgehead atoms. The molecular formula is C23H20O2. The number of carbonyl (C=O) groups excluding carboxylic acids is 1. The Morgan fingerprint density at radius 1 is 1.00 bits per heavy atom. The number of rotatable bonds is 3. The topological polar surface area (TPSA) is 29.6 Å². The van der Waals surface area contributed by atoms with Crippen LogP contribution in [0.1, 0.15) is 47.7 Å². The highest BCUT2D eigenvalue weighted by molar-refractivity contribution is 6.07. The van der Waals surface area contributed by atoms with Gasteiger partial charge >= 0.3 is 0 Å². The van der Waals surface area contributed by atoms with Crippen LogP contribution >= 0.6 is 0 Å². The summed E-state index contributed by atoms with van der Waals surface area (Å²) in [5.41, 5.74) is 1.72. The Bertz CT molecular complexity index is 855. The zero-order valence-electron chi connectivity index (χ0n) is 14.1. The normalized spacial score (nSPS) is 24.6. The molecule has 0 spiro atoms. The molecule has 2 heteroatoms. The van der Waals surface area contributed by atoms with E-state index >= 15 is 0 Å². The summed E-state index contributed by atoms with van der Waals surface area (Å²) in [6, 6.07) is 19.2. The monoisotopic (exact) mass is 328 g/mol. The maximum absolute atomic E-state index is 13.1. The van der Waals surface area contributed by atoms with E-state index in [4.69, 9.17) is 4.74 Å². The van der Waals surface area contributed by atoms with Gasteiger partial charge in [0, 0.05) is 5.56 Å². The number of benzene rings is 2. The van der Waals surface area contributed by atoms with Crippen molar-refractivity contribution >= 4 is 5.78 Å². The average molecular weight is 328 g/mol. The first-order chi connectivity index (χ1) is 12.3. The Labute approximate surface area is 148 Å². The summed E-state index contributed by atoms with van der Waals surface area (Å²) in [4.78, 5) is 13.1. The maximum atomic E-state index is 13.1. The number of ketones is 1. The van der Waals surface area contributed by atoms with Gasteiger partial charge in [0.25, 0.3) is 0 Å². The fourth-order valence-electron chi connectivity index (χ4n) is 3.34. The molecule has 2 aromatic rings. The molecule has 0 N–H and O–H groups in total. The number of carbonyl (C=O) groups is 1. The highest BCUT2D eigenvalue weighted by Crippen LogP contribution is 2.51. The van der Waals surface area contributed by atoms with E-state index in [1.807, 2.05) is 60.7 Å². The summed E-state index contributed by atoms with van der Waals surface area (Å²) < 4.78 is 5.95. The Morgan fingerprint density at radius 3 is 2.40 bits per heavy atom. The predicted molar refractivity (Wildman–Crippen MR) is 98.1 cm³/mol. The molecule has 1 fully saturated rings. The lowest BCUT2D eigenvalue weighted by molar-refractivity contribution is 0.0916. The molecule has 2 nitrogen and oxygen atoms in total. The predicted octanol–water partition coefficient (Wildman–Crippen LogP) is 4.88. The molecule has 2 atom stereocenters. The molecule has 25 heavy (non-hydrogen) atoms. The second kappa shape index (κ2) is 6.70. The van der Waals surface area contributed by atoms with Gasteiger partial charge in [-0.15, -0.1) is 0 Å². The van der Waals surface area contributed by atoms with Gasteiger partial charge in [-0.2, -0.15) is 0 Å². The van der Waals surface area contributed by atoms with E-state index in [1.54, 1.807) is 0 Å². The Balaban J connectivity index is 1.69. The van der Waals surface area contributed by atoms with E-state index in [9.17, 15) is 4.79 Å². The molecule has 0 radical (unpaired) electrons. The molecule has 2 aromatic carbocycles. The number of ether oxygens (including phenoxy) is 1. The third kappa shape index (κ3) is 3.16. The highest BCUT2D eigenvalue weighted by atomic mass is 16.6. The van der Waals surface area contributed by atoms with Crippen molar-refractivity contribution in [3.8, 4) is 11.8 Å². The van der Waals surface area contributed by atoms with E-state index in [0.717, 1.165) is 24.0 Å². The minimum absolute atomic E-state index is 0.0501. The van der Waals surface area contributed by atoms with Gasteiger partial charge in [0.15, 0.2) is 0 Å². The molecule has 0 aromatic heterocycles. The lowest BCUT2D eigenvalue weighted by atomic mass is 9.90. The molecule has 0 unspecified atom stereocenters. The third-order valence-corrected chi connectivity index (χ3v) is 4.79. The molecule has 1 aliphatic carbocycles. The number of epoxide rings is 1. The van der Waals surface area contributed by atoms with Crippen molar-refractivity contribution in [2.45, 2.75) is 37.4 Å². The van der Waals surface area contributed by atoms with Gasteiger partial charge < -0.3 is 4.74 Å². The average Bonchev–Trinajstić information content (AvgIpc) is 3.44. The summed E-state index contributed by atoms with van der Waals surface area (Å²) in [6.45, 7) is 0. The molecule has 0 saturated carbocycles. The van der Waals surface area contributed by atoms with Crippen LogP contribution < -0.4 is 0 Å². The molecule has 2 aliphatic rings. The van der Waals surface area contributed by atoms with Crippen molar-refractivity contribution in [1.82, 2.24) is 0 Å². The van der Waals surface area contributed by atoms with Gasteiger partial charge in [-0.25, -0.2) is 0 Å². The van der Waals surface area contributed by atoms with Crippen LogP contribution in [0.3, 0.4) is 0 Å². The largest absolute Gasteiger partial charge is 0.339 e. The first kappa shape index (κ1) is 15.9. The maximum Gasteiger partial charge on any atom is 0.223 e. The number of Topliss-reactive ketones (excluding diaryl/α,β-unsaturated/α-hetero) is 1. The van der Waals surface area contributed by atoms with Crippen molar-refractivity contribution in [2.24, 2.45) is 0 Å². The minimum Gasteiger partial charge on any atom is -0.339 e. The summed E-state index contributed by atoms with van der Waals surface area (Å²) in [6.07, 6.45) is 6.37. The second-order valence-corrected chi connectivity index (χ2v) is 6.56. The first-order valence-electron chi connectivity index (χ1n) is 8.84. The number of hydrogen-bond acceptors (Lipinski definition) is 2. The van der Waals surface area contributed by atoms with Gasteiger partial charge in [0.2, 0.25) is 11.4 Å². The molecule has 0 amide bonds. The molecular weight excluding hydrogens is 308 g/mol. The molecule has 1 aliphatic heterocycles. The Kier molecular flexibility index (Phi) is 4.26. The smallest absolute Gasteiger partial charge is 0.223 e. The number of allylic oxidation sites excluding steroid dienone is 2. The fourth-order valence-corrected chi connectivity index (χ4v) is 3.34. The van der Waals surface area contributed by atoms with Crippen LogP contribution in [0, 0.1) is 11.8 Å². The van der Waals surface area contributed by atoms with Crippen LogP contribution in [-0.2, 0) is 4.74 Å². The van der Waals surface area contributed by atoms with Crippen molar-refractivity contribution in [2.75, 3.05) is 0 Å². The summed E-state index contributed by atoms with van der Waals surface area (Å²) >= 11 is 0. The van der Waals surface area contributed by atoms with Crippen LogP contribution in [0.2, 0.25) is 0 Å². The zero-order valence-corrected chi connectivity index (χ0v) is 14.1. The highest BCUT2D eigenvalue weighted by Gasteiger charge is 2.62. The van der Waals surface area contributed by atoms with Gasteiger partial charge in [0.1, 0.15) is 6.10 Å². The van der Waals surface area contributed by atoms with Crippen molar-refractivity contribution in [3.05, 3.63) is 83.4 Å². The van der Waals surface area contributed by atoms with Crippen LogP contribution in [0.4, 0.5) is 0 Å². The lowest BCUT2D eigenvalue weighted by Gasteiger charge is -2.08. The van der Waals surface area contributed by atoms with Gasteiger partial charge in [-0.05, 0) is 36.8 Å². The summed E-state index contributed by atoms with van der Waals surface area (Å²) in [7, 11) is 0. The van der Waals surface area contributed by atoms with Crippen molar-refractivity contribution < 1.29 is 9.53 Å². The Morgan fingerprint density at radius 2 is 1.72 bits per heavy atom. The molecule has 1 heterocycles. The van der Waals surface area contributed by atoms with Crippen molar-refractivity contribution in [3.63, 3.8) is 0 Å². The van der Waals surface area contributed by atoms with E-state index in [0.29, 0.717) is 5.56 Å². The Hall–Kier alpha value is -2.63. The lowest BCUT2D eigenvalue weighted by Crippen LogP contribution is -2.24. The second-order valence-electron chi connectivity index (χ2n) is 6.56. The summed E-state index contributed by atoms with van der Waals surface area (Å²) in [5, 5.41) is 0. The third-order valence-electron chi connectivity index (χ3n) is 4.79. The molecule has 1 saturated heterocycles. The van der Waals surface area contributed by atoms with E-state index in [-0.39, 0.29) is 11.9 Å². The minimum atomic E-state index is -1.05. The van der Waals surface area contributed by atoms with Crippen LogP contribution in [0.25, 0.3) is 0 Å². The number of hydrogen-bond donors (Lipinski definition) is 0. The van der Waals surface area contributed by atoms with E-state index in [1.165, 1.54) is 12.8 Å². The van der Waals surface area contributed by atoms with Gasteiger partial charge in [0.05, 0.1) is 0 Å². The fraction of sp³-hybridized carbons (Fsp3) is 0.261. The zero-order chi connectivity index (χ0) is 17.1. The van der Waals surface area contributed by atoms with Crippen LogP contribution in [0.5, 0.6) is 0 Å². The van der Waals surface area contributed by atoms with E-state index < -0.39 is 5.60 Å². The van der Waals surface area contributed by atoms with Gasteiger partial charge in [-0.1, -0.05) is 78.6 Å². The SMILES string of the molecule is O=C(c1ccccc1)[C@]1(C#CC2=CCCCC2)O[C@H]1c1ccccc1.